The highest BCUT2D eigenvalue weighted by Gasteiger charge is 2.26. The third kappa shape index (κ3) is 3.73. The lowest BCUT2D eigenvalue weighted by molar-refractivity contribution is -0.141. The smallest absolute Gasteiger partial charge is 0.308 e. The van der Waals surface area contributed by atoms with Crippen LogP contribution in [0.25, 0.3) is 0 Å². The number of methoxy groups -OCH3 is 1. The van der Waals surface area contributed by atoms with E-state index in [0.29, 0.717) is 18.8 Å². The van der Waals surface area contributed by atoms with Gasteiger partial charge in [0, 0.05) is 24.8 Å². The van der Waals surface area contributed by atoms with Gasteiger partial charge in [0.05, 0.1) is 13.0 Å². The van der Waals surface area contributed by atoms with Gasteiger partial charge in [-0.2, -0.15) is 0 Å². The topological polar surface area (TPSA) is 87.6 Å². The molecule has 0 saturated carbocycles. The zero-order valence-corrected chi connectivity index (χ0v) is 13.5. The van der Waals surface area contributed by atoms with Gasteiger partial charge in [-0.3, -0.25) is 4.79 Å². The Morgan fingerprint density at radius 2 is 2.12 bits per heavy atom. The number of rotatable bonds is 5. The van der Waals surface area contributed by atoms with E-state index in [-0.39, 0.29) is 5.92 Å². The van der Waals surface area contributed by atoms with Crippen molar-refractivity contribution < 1.29 is 14.6 Å². The predicted molar refractivity (Wildman–Crippen MR) is 90.9 cm³/mol. The Morgan fingerprint density at radius 3 is 2.83 bits per heavy atom. The number of ether oxygens (including phenoxy) is 1. The molecule has 0 unspecified atom stereocenters. The average Bonchev–Trinajstić information content (AvgIpc) is 2.63. The molecule has 1 aromatic carbocycles. The van der Waals surface area contributed by atoms with E-state index in [1.165, 1.54) is 6.33 Å². The van der Waals surface area contributed by atoms with Crippen molar-refractivity contribution in [3.8, 4) is 5.75 Å². The highest BCUT2D eigenvalue weighted by Crippen LogP contribution is 2.24. The molecule has 1 aromatic heterocycles. The molecule has 1 saturated heterocycles. The fraction of sp³-hybridized carbons (Fsp3) is 0.353. The summed E-state index contributed by atoms with van der Waals surface area (Å²) >= 11 is 0. The zero-order chi connectivity index (χ0) is 16.9. The van der Waals surface area contributed by atoms with Gasteiger partial charge in [-0.1, -0.05) is 0 Å². The number of carboxylic acid groups (broad SMARTS) is 1. The van der Waals surface area contributed by atoms with Crippen LogP contribution in [0.1, 0.15) is 12.8 Å². The Labute approximate surface area is 140 Å². The van der Waals surface area contributed by atoms with E-state index < -0.39 is 5.97 Å². The molecule has 1 aliphatic rings. The summed E-state index contributed by atoms with van der Waals surface area (Å²) < 4.78 is 5.14. The van der Waals surface area contributed by atoms with Crippen molar-refractivity contribution >= 4 is 23.3 Å². The minimum Gasteiger partial charge on any atom is -0.497 e. The molecule has 24 heavy (non-hydrogen) atoms. The van der Waals surface area contributed by atoms with Gasteiger partial charge in [0.25, 0.3) is 0 Å². The van der Waals surface area contributed by atoms with E-state index in [2.05, 4.69) is 15.3 Å². The molecule has 7 nitrogen and oxygen atoms in total. The van der Waals surface area contributed by atoms with Crippen molar-refractivity contribution in [2.24, 2.45) is 5.92 Å². The second kappa shape index (κ2) is 7.16. The standard InChI is InChI=1S/C17H20N4O3/c1-24-14-6-4-13(5-7-14)20-15-9-16(19-11-18-15)21-8-2-3-12(10-21)17(22)23/h4-7,9,11-12H,2-3,8,10H2,1H3,(H,22,23)(H,18,19,20)/t12-/m1/s1. The molecule has 0 radical (unpaired) electrons. The van der Waals surface area contributed by atoms with E-state index in [1.54, 1.807) is 7.11 Å². The molecule has 3 rings (SSSR count). The monoisotopic (exact) mass is 328 g/mol. The predicted octanol–water partition coefficient (Wildman–Crippen LogP) is 2.53. The van der Waals surface area contributed by atoms with Crippen molar-refractivity contribution in [3.63, 3.8) is 0 Å². The lowest BCUT2D eigenvalue weighted by Gasteiger charge is -2.31. The highest BCUT2D eigenvalue weighted by molar-refractivity contribution is 5.71. The minimum atomic E-state index is -0.745. The highest BCUT2D eigenvalue weighted by atomic mass is 16.5. The van der Waals surface area contributed by atoms with Crippen molar-refractivity contribution in [3.05, 3.63) is 36.7 Å². The first kappa shape index (κ1) is 16.0. The largest absolute Gasteiger partial charge is 0.497 e. The number of aliphatic carboxylic acids is 1. The quantitative estimate of drug-likeness (QED) is 0.872. The molecule has 0 aliphatic carbocycles. The summed E-state index contributed by atoms with van der Waals surface area (Å²) in [4.78, 5) is 21.7. The van der Waals surface area contributed by atoms with E-state index in [0.717, 1.165) is 30.2 Å². The van der Waals surface area contributed by atoms with Crippen LogP contribution < -0.4 is 15.0 Å². The van der Waals surface area contributed by atoms with Crippen LogP contribution in [0.2, 0.25) is 0 Å². The van der Waals surface area contributed by atoms with Gasteiger partial charge >= 0.3 is 5.97 Å². The van der Waals surface area contributed by atoms with Gasteiger partial charge in [0.2, 0.25) is 0 Å². The number of nitrogens with zero attached hydrogens (tertiary/aromatic N) is 3. The molecule has 0 bridgehead atoms. The normalized spacial score (nSPS) is 17.4. The van der Waals surface area contributed by atoms with Gasteiger partial charge in [-0.05, 0) is 37.1 Å². The molecular formula is C17H20N4O3. The van der Waals surface area contributed by atoms with Crippen molar-refractivity contribution in [2.45, 2.75) is 12.8 Å². The summed E-state index contributed by atoms with van der Waals surface area (Å²) in [5, 5.41) is 12.4. The van der Waals surface area contributed by atoms with E-state index in [9.17, 15) is 9.90 Å². The molecule has 2 aromatic rings. The number of carboxylic acids is 1. The average molecular weight is 328 g/mol. The Morgan fingerprint density at radius 1 is 1.33 bits per heavy atom. The van der Waals surface area contributed by atoms with Crippen LogP contribution in [0.15, 0.2) is 36.7 Å². The summed E-state index contributed by atoms with van der Waals surface area (Å²) in [7, 11) is 1.63. The fourth-order valence-corrected chi connectivity index (χ4v) is 2.80. The van der Waals surface area contributed by atoms with Crippen LogP contribution in [0.3, 0.4) is 0 Å². The number of aromatic nitrogens is 2. The summed E-state index contributed by atoms with van der Waals surface area (Å²) in [6, 6.07) is 9.39. The van der Waals surface area contributed by atoms with Crippen molar-refractivity contribution in [1.82, 2.24) is 9.97 Å². The molecular weight excluding hydrogens is 308 g/mol. The molecule has 0 amide bonds. The van der Waals surface area contributed by atoms with Gasteiger partial charge in [0.15, 0.2) is 0 Å². The van der Waals surface area contributed by atoms with Crippen LogP contribution in [0, 0.1) is 5.92 Å². The van der Waals surface area contributed by atoms with E-state index in [4.69, 9.17) is 4.74 Å². The Balaban J connectivity index is 1.72. The Hall–Kier alpha value is -2.83. The Kier molecular flexibility index (Phi) is 4.79. The molecule has 1 aliphatic heterocycles. The summed E-state index contributed by atoms with van der Waals surface area (Å²) in [6.45, 7) is 1.29. The van der Waals surface area contributed by atoms with Crippen LogP contribution in [0.5, 0.6) is 5.75 Å². The summed E-state index contributed by atoms with van der Waals surface area (Å²) in [6.07, 6.45) is 3.06. The molecule has 7 heteroatoms. The Bertz CT molecular complexity index is 705. The van der Waals surface area contributed by atoms with E-state index in [1.807, 2.05) is 35.2 Å². The van der Waals surface area contributed by atoms with Crippen LogP contribution >= 0.6 is 0 Å². The van der Waals surface area contributed by atoms with E-state index >= 15 is 0 Å². The number of hydrogen-bond donors (Lipinski definition) is 2. The third-order valence-electron chi connectivity index (χ3n) is 4.11. The fourth-order valence-electron chi connectivity index (χ4n) is 2.80. The van der Waals surface area contributed by atoms with Gasteiger partial charge < -0.3 is 20.1 Å². The summed E-state index contributed by atoms with van der Waals surface area (Å²) in [5.74, 6) is 1.11. The lowest BCUT2D eigenvalue weighted by atomic mass is 9.98. The van der Waals surface area contributed by atoms with Crippen molar-refractivity contribution in [2.75, 3.05) is 30.4 Å². The summed E-state index contributed by atoms with van der Waals surface area (Å²) in [5.41, 5.74) is 0.891. The third-order valence-corrected chi connectivity index (χ3v) is 4.11. The number of carbonyl (C=O) groups is 1. The number of anilines is 3. The van der Waals surface area contributed by atoms with Crippen LogP contribution in [-0.2, 0) is 4.79 Å². The maximum Gasteiger partial charge on any atom is 0.308 e. The molecule has 2 N–H and O–H groups in total. The van der Waals surface area contributed by atoms with Gasteiger partial charge in [-0.25, -0.2) is 9.97 Å². The maximum atomic E-state index is 11.2. The zero-order valence-electron chi connectivity index (χ0n) is 13.5. The number of benzene rings is 1. The van der Waals surface area contributed by atoms with Crippen LogP contribution in [-0.4, -0.2) is 41.2 Å². The number of hydrogen-bond acceptors (Lipinski definition) is 6. The first-order valence-corrected chi connectivity index (χ1v) is 7.86. The number of nitrogens with one attached hydrogen (secondary N) is 1. The van der Waals surface area contributed by atoms with Gasteiger partial charge in [0.1, 0.15) is 23.7 Å². The van der Waals surface area contributed by atoms with Crippen LogP contribution in [0.4, 0.5) is 17.3 Å². The molecule has 1 fully saturated rings. The SMILES string of the molecule is COc1ccc(Nc2cc(N3CCC[C@@H](C(=O)O)C3)ncn2)cc1. The number of piperidine rings is 1. The molecule has 1 atom stereocenters. The first-order valence-electron chi connectivity index (χ1n) is 7.86. The molecule has 126 valence electrons. The molecule has 2 heterocycles. The minimum absolute atomic E-state index is 0.341. The molecule has 0 spiro atoms. The van der Waals surface area contributed by atoms with Crippen molar-refractivity contribution in [1.29, 1.82) is 0 Å². The first-order chi connectivity index (χ1) is 11.7. The lowest BCUT2D eigenvalue weighted by Crippen LogP contribution is -2.39. The second-order valence-electron chi connectivity index (χ2n) is 5.74. The second-order valence-corrected chi connectivity index (χ2v) is 5.74. The maximum absolute atomic E-state index is 11.2. The van der Waals surface area contributed by atoms with Gasteiger partial charge in [-0.15, -0.1) is 0 Å².